The number of nitrogens with zero attached hydrogens (tertiary/aromatic N) is 1. The SMILES string of the molecule is CCC1CCC(CNc2nc3ccc(C)cc3s2)CC1. The lowest BCUT2D eigenvalue weighted by Crippen LogP contribution is -2.20. The summed E-state index contributed by atoms with van der Waals surface area (Å²) in [5.41, 5.74) is 2.43. The molecule has 0 saturated heterocycles. The van der Waals surface area contributed by atoms with Crippen LogP contribution in [-0.2, 0) is 0 Å². The second-order valence-corrected chi connectivity index (χ2v) is 7.20. The fraction of sp³-hybridized carbons (Fsp3) is 0.588. The minimum absolute atomic E-state index is 0.839. The lowest BCUT2D eigenvalue weighted by atomic mass is 9.81. The predicted molar refractivity (Wildman–Crippen MR) is 88.6 cm³/mol. The van der Waals surface area contributed by atoms with Crippen molar-refractivity contribution in [1.29, 1.82) is 0 Å². The summed E-state index contributed by atoms with van der Waals surface area (Å²) in [6.45, 7) is 5.56. The van der Waals surface area contributed by atoms with Crippen LogP contribution in [0.2, 0.25) is 0 Å². The van der Waals surface area contributed by atoms with E-state index in [1.165, 1.54) is 42.4 Å². The number of fused-ring (bicyclic) bond motifs is 1. The van der Waals surface area contributed by atoms with Crippen LogP contribution in [0.5, 0.6) is 0 Å². The minimum Gasteiger partial charge on any atom is -0.361 e. The van der Waals surface area contributed by atoms with Crippen molar-refractivity contribution in [2.24, 2.45) is 11.8 Å². The first-order chi connectivity index (χ1) is 9.74. The highest BCUT2D eigenvalue weighted by atomic mass is 32.1. The summed E-state index contributed by atoms with van der Waals surface area (Å²) in [6, 6.07) is 6.49. The molecule has 1 aliphatic rings. The third kappa shape index (κ3) is 3.14. The van der Waals surface area contributed by atoms with Gasteiger partial charge in [0.2, 0.25) is 0 Å². The summed E-state index contributed by atoms with van der Waals surface area (Å²) in [5, 5.41) is 4.65. The molecule has 1 aromatic heterocycles. The highest BCUT2D eigenvalue weighted by Gasteiger charge is 2.19. The third-order valence-electron chi connectivity index (χ3n) is 4.63. The maximum absolute atomic E-state index is 4.68. The van der Waals surface area contributed by atoms with Crippen molar-refractivity contribution in [3.63, 3.8) is 0 Å². The first-order valence-electron chi connectivity index (χ1n) is 7.85. The molecule has 0 radical (unpaired) electrons. The summed E-state index contributed by atoms with van der Waals surface area (Å²) >= 11 is 1.78. The Morgan fingerprint density at radius 2 is 1.95 bits per heavy atom. The van der Waals surface area contributed by atoms with Gasteiger partial charge in [-0.15, -0.1) is 0 Å². The lowest BCUT2D eigenvalue weighted by Gasteiger charge is -2.27. The van der Waals surface area contributed by atoms with Gasteiger partial charge in [-0.2, -0.15) is 0 Å². The van der Waals surface area contributed by atoms with Gasteiger partial charge in [0.05, 0.1) is 10.2 Å². The Hall–Kier alpha value is -1.09. The molecule has 1 aromatic carbocycles. The Morgan fingerprint density at radius 1 is 1.20 bits per heavy atom. The van der Waals surface area contributed by atoms with Crippen molar-refractivity contribution in [3.8, 4) is 0 Å². The van der Waals surface area contributed by atoms with Gasteiger partial charge in [-0.05, 0) is 49.3 Å². The van der Waals surface area contributed by atoms with Crippen molar-refractivity contribution in [3.05, 3.63) is 23.8 Å². The summed E-state index contributed by atoms with van der Waals surface area (Å²) in [4.78, 5) is 4.68. The lowest BCUT2D eigenvalue weighted by molar-refractivity contribution is 0.278. The number of thiazole rings is 1. The molecule has 2 nitrogen and oxygen atoms in total. The topological polar surface area (TPSA) is 24.9 Å². The van der Waals surface area contributed by atoms with E-state index >= 15 is 0 Å². The molecule has 0 aliphatic heterocycles. The third-order valence-corrected chi connectivity index (χ3v) is 5.61. The van der Waals surface area contributed by atoms with Crippen LogP contribution in [0, 0.1) is 18.8 Å². The first-order valence-corrected chi connectivity index (χ1v) is 8.67. The molecule has 2 aromatic rings. The fourth-order valence-corrected chi connectivity index (χ4v) is 4.15. The first kappa shape index (κ1) is 13.9. The summed E-state index contributed by atoms with van der Waals surface area (Å²) in [7, 11) is 0. The molecule has 0 amide bonds. The smallest absolute Gasteiger partial charge is 0.183 e. The molecule has 1 aliphatic carbocycles. The molecule has 3 rings (SSSR count). The van der Waals surface area contributed by atoms with E-state index < -0.39 is 0 Å². The summed E-state index contributed by atoms with van der Waals surface area (Å²) in [5.74, 6) is 1.82. The van der Waals surface area contributed by atoms with Crippen LogP contribution >= 0.6 is 11.3 Å². The molecule has 108 valence electrons. The van der Waals surface area contributed by atoms with Crippen LogP contribution in [0.25, 0.3) is 10.2 Å². The number of aromatic nitrogens is 1. The van der Waals surface area contributed by atoms with Crippen LogP contribution < -0.4 is 5.32 Å². The molecule has 20 heavy (non-hydrogen) atoms. The number of hydrogen-bond donors (Lipinski definition) is 1. The van der Waals surface area contributed by atoms with Crippen LogP contribution in [0.4, 0.5) is 5.13 Å². The second kappa shape index (κ2) is 6.13. The average molecular weight is 288 g/mol. The van der Waals surface area contributed by atoms with Crippen molar-refractivity contribution < 1.29 is 0 Å². The van der Waals surface area contributed by atoms with E-state index in [9.17, 15) is 0 Å². The zero-order valence-corrected chi connectivity index (χ0v) is 13.3. The molecular formula is C17H24N2S. The Morgan fingerprint density at radius 3 is 2.70 bits per heavy atom. The zero-order chi connectivity index (χ0) is 13.9. The molecule has 0 spiro atoms. The normalized spacial score (nSPS) is 23.1. The van der Waals surface area contributed by atoms with Crippen LogP contribution in [0.3, 0.4) is 0 Å². The summed E-state index contributed by atoms with van der Waals surface area (Å²) in [6.07, 6.45) is 6.96. The zero-order valence-electron chi connectivity index (χ0n) is 12.5. The van der Waals surface area contributed by atoms with E-state index in [2.05, 4.69) is 42.3 Å². The molecule has 0 atom stereocenters. The number of benzene rings is 1. The van der Waals surface area contributed by atoms with E-state index in [1.54, 1.807) is 11.3 Å². The van der Waals surface area contributed by atoms with Gasteiger partial charge in [-0.25, -0.2) is 4.98 Å². The van der Waals surface area contributed by atoms with Crippen LogP contribution in [0.15, 0.2) is 18.2 Å². The molecule has 1 fully saturated rings. The Bertz CT molecular complexity index is 567. The molecule has 1 N–H and O–H groups in total. The monoisotopic (exact) mass is 288 g/mol. The van der Waals surface area contributed by atoms with E-state index in [-0.39, 0.29) is 0 Å². The average Bonchev–Trinajstić information content (AvgIpc) is 2.87. The van der Waals surface area contributed by atoms with E-state index in [1.807, 2.05) is 0 Å². The quantitative estimate of drug-likeness (QED) is 0.833. The van der Waals surface area contributed by atoms with Gasteiger partial charge >= 0.3 is 0 Å². The highest BCUT2D eigenvalue weighted by Crippen LogP contribution is 2.32. The van der Waals surface area contributed by atoms with E-state index in [0.717, 1.165) is 29.0 Å². The molecular weight excluding hydrogens is 264 g/mol. The van der Waals surface area contributed by atoms with Gasteiger partial charge in [0.1, 0.15) is 0 Å². The van der Waals surface area contributed by atoms with Crippen molar-refractivity contribution in [2.75, 3.05) is 11.9 Å². The number of anilines is 1. The van der Waals surface area contributed by atoms with E-state index in [4.69, 9.17) is 0 Å². The van der Waals surface area contributed by atoms with Gasteiger partial charge in [0.25, 0.3) is 0 Å². The Balaban J connectivity index is 1.57. The van der Waals surface area contributed by atoms with Crippen molar-refractivity contribution in [1.82, 2.24) is 4.98 Å². The standard InChI is InChI=1S/C17H24N2S/c1-3-13-5-7-14(8-6-13)11-18-17-19-15-9-4-12(2)10-16(15)20-17/h4,9-10,13-14H,3,5-8,11H2,1-2H3,(H,18,19). The number of hydrogen-bond acceptors (Lipinski definition) is 3. The number of rotatable bonds is 4. The molecule has 0 bridgehead atoms. The van der Waals surface area contributed by atoms with Gasteiger partial charge in [0, 0.05) is 6.54 Å². The minimum atomic E-state index is 0.839. The molecule has 0 unspecified atom stereocenters. The van der Waals surface area contributed by atoms with Gasteiger partial charge in [0.15, 0.2) is 5.13 Å². The predicted octanol–water partition coefficient (Wildman–Crippen LogP) is 5.23. The van der Waals surface area contributed by atoms with Gasteiger partial charge in [-0.1, -0.05) is 43.6 Å². The molecule has 1 heterocycles. The maximum atomic E-state index is 4.68. The largest absolute Gasteiger partial charge is 0.361 e. The number of aryl methyl sites for hydroxylation is 1. The fourth-order valence-electron chi connectivity index (χ4n) is 3.18. The Kier molecular flexibility index (Phi) is 4.25. The second-order valence-electron chi connectivity index (χ2n) is 6.17. The van der Waals surface area contributed by atoms with Crippen LogP contribution in [0.1, 0.15) is 44.6 Å². The molecule has 1 saturated carbocycles. The van der Waals surface area contributed by atoms with Crippen molar-refractivity contribution in [2.45, 2.75) is 46.0 Å². The van der Waals surface area contributed by atoms with Gasteiger partial charge < -0.3 is 5.32 Å². The summed E-state index contributed by atoms with van der Waals surface area (Å²) < 4.78 is 1.29. The molecule has 3 heteroatoms. The Labute approximate surface area is 125 Å². The van der Waals surface area contributed by atoms with Crippen molar-refractivity contribution >= 4 is 26.7 Å². The van der Waals surface area contributed by atoms with E-state index in [0.29, 0.717) is 0 Å². The maximum Gasteiger partial charge on any atom is 0.183 e. The van der Waals surface area contributed by atoms with Crippen LogP contribution in [-0.4, -0.2) is 11.5 Å². The number of nitrogens with one attached hydrogen (secondary N) is 1. The highest BCUT2D eigenvalue weighted by molar-refractivity contribution is 7.22. The van der Waals surface area contributed by atoms with Gasteiger partial charge in [-0.3, -0.25) is 0 Å².